The molecule has 0 spiro atoms. The first-order valence-corrected chi connectivity index (χ1v) is 6.22. The zero-order valence-electron chi connectivity index (χ0n) is 9.55. The van der Waals surface area contributed by atoms with Gasteiger partial charge in [-0.2, -0.15) is 0 Å². The van der Waals surface area contributed by atoms with Gasteiger partial charge in [-0.25, -0.2) is 0 Å². The van der Waals surface area contributed by atoms with Crippen LogP contribution in [-0.4, -0.2) is 25.2 Å². The monoisotopic (exact) mass is 196 g/mol. The van der Waals surface area contributed by atoms with Crippen LogP contribution in [0.5, 0.6) is 0 Å². The van der Waals surface area contributed by atoms with Crippen molar-refractivity contribution in [3.63, 3.8) is 0 Å². The van der Waals surface area contributed by atoms with Crippen molar-refractivity contribution in [3.8, 4) is 0 Å². The second kappa shape index (κ2) is 4.63. The van der Waals surface area contributed by atoms with Crippen molar-refractivity contribution >= 4 is 0 Å². The molecule has 14 heavy (non-hydrogen) atoms. The Bertz CT molecular complexity index is 169. The number of hydrogen-bond acceptors (Lipinski definition) is 2. The lowest BCUT2D eigenvalue weighted by atomic mass is 9.80. The average molecular weight is 196 g/mol. The highest BCUT2D eigenvalue weighted by atomic mass is 15.0. The first-order chi connectivity index (χ1) is 6.75. The SMILES string of the molecule is CC1CC(NC(C)C2CCNCC2)C1. The van der Waals surface area contributed by atoms with Gasteiger partial charge in [0.25, 0.3) is 0 Å². The van der Waals surface area contributed by atoms with E-state index < -0.39 is 0 Å². The number of rotatable bonds is 3. The molecule has 2 nitrogen and oxygen atoms in total. The molecule has 0 radical (unpaired) electrons. The second-order valence-electron chi connectivity index (χ2n) is 5.32. The van der Waals surface area contributed by atoms with E-state index in [0.717, 1.165) is 23.9 Å². The molecule has 2 N–H and O–H groups in total. The normalized spacial score (nSPS) is 36.4. The van der Waals surface area contributed by atoms with Crippen molar-refractivity contribution < 1.29 is 0 Å². The van der Waals surface area contributed by atoms with E-state index in [1.807, 2.05) is 0 Å². The molecule has 1 atom stereocenters. The van der Waals surface area contributed by atoms with Gasteiger partial charge < -0.3 is 10.6 Å². The van der Waals surface area contributed by atoms with Gasteiger partial charge in [0.2, 0.25) is 0 Å². The van der Waals surface area contributed by atoms with Crippen LogP contribution in [0.1, 0.15) is 39.5 Å². The maximum absolute atomic E-state index is 3.79. The Hall–Kier alpha value is -0.0800. The van der Waals surface area contributed by atoms with Crippen LogP contribution in [0, 0.1) is 11.8 Å². The van der Waals surface area contributed by atoms with Crippen molar-refractivity contribution in [2.24, 2.45) is 11.8 Å². The molecule has 0 aromatic carbocycles. The Morgan fingerprint density at radius 3 is 2.43 bits per heavy atom. The fourth-order valence-electron chi connectivity index (χ4n) is 2.89. The standard InChI is InChI=1S/C12H24N2/c1-9-7-12(8-9)14-10(2)11-3-5-13-6-4-11/h9-14H,3-8H2,1-2H3. The van der Waals surface area contributed by atoms with Crippen LogP contribution in [0.4, 0.5) is 0 Å². The molecule has 0 amide bonds. The predicted molar refractivity (Wildman–Crippen MR) is 60.4 cm³/mol. The molecule has 0 bridgehead atoms. The summed E-state index contributed by atoms with van der Waals surface area (Å²) in [6.45, 7) is 7.17. The molecule has 1 aliphatic carbocycles. The van der Waals surface area contributed by atoms with Gasteiger partial charge in [-0.15, -0.1) is 0 Å². The maximum atomic E-state index is 3.79. The zero-order chi connectivity index (χ0) is 9.97. The van der Waals surface area contributed by atoms with Crippen molar-refractivity contribution in [1.82, 2.24) is 10.6 Å². The molecule has 2 rings (SSSR count). The Morgan fingerprint density at radius 2 is 1.86 bits per heavy atom. The van der Waals surface area contributed by atoms with Crippen LogP contribution in [0.15, 0.2) is 0 Å². The molecule has 0 aromatic heterocycles. The van der Waals surface area contributed by atoms with Crippen molar-refractivity contribution in [1.29, 1.82) is 0 Å². The van der Waals surface area contributed by atoms with E-state index >= 15 is 0 Å². The fourth-order valence-corrected chi connectivity index (χ4v) is 2.89. The lowest BCUT2D eigenvalue weighted by molar-refractivity contribution is 0.190. The Labute approximate surface area is 87.8 Å². The third kappa shape index (κ3) is 2.48. The molecular formula is C12H24N2. The minimum absolute atomic E-state index is 0.731. The van der Waals surface area contributed by atoms with E-state index in [2.05, 4.69) is 24.5 Å². The highest BCUT2D eigenvalue weighted by Gasteiger charge is 2.28. The van der Waals surface area contributed by atoms with Crippen LogP contribution in [0.2, 0.25) is 0 Å². The highest BCUT2D eigenvalue weighted by molar-refractivity contribution is 4.87. The zero-order valence-corrected chi connectivity index (χ0v) is 9.55. The van der Waals surface area contributed by atoms with E-state index in [9.17, 15) is 0 Å². The number of piperidine rings is 1. The number of hydrogen-bond donors (Lipinski definition) is 2. The predicted octanol–water partition coefficient (Wildman–Crippen LogP) is 1.76. The fraction of sp³-hybridized carbons (Fsp3) is 1.00. The summed E-state index contributed by atoms with van der Waals surface area (Å²) in [5.41, 5.74) is 0. The molecule has 1 saturated heterocycles. The van der Waals surface area contributed by atoms with Gasteiger partial charge in [0, 0.05) is 12.1 Å². The molecular weight excluding hydrogens is 172 g/mol. The molecule has 0 aromatic rings. The van der Waals surface area contributed by atoms with Gasteiger partial charge in [0.05, 0.1) is 0 Å². The average Bonchev–Trinajstić information content (AvgIpc) is 2.17. The summed E-state index contributed by atoms with van der Waals surface area (Å²) >= 11 is 0. The van der Waals surface area contributed by atoms with E-state index in [1.165, 1.54) is 38.8 Å². The minimum atomic E-state index is 0.731. The molecule has 2 fully saturated rings. The summed E-state index contributed by atoms with van der Waals surface area (Å²) in [4.78, 5) is 0. The van der Waals surface area contributed by atoms with E-state index in [4.69, 9.17) is 0 Å². The number of nitrogens with one attached hydrogen (secondary N) is 2. The van der Waals surface area contributed by atoms with E-state index in [0.29, 0.717) is 0 Å². The van der Waals surface area contributed by atoms with Gasteiger partial charge in [0.15, 0.2) is 0 Å². The van der Waals surface area contributed by atoms with E-state index in [-0.39, 0.29) is 0 Å². The van der Waals surface area contributed by atoms with Crippen LogP contribution in [0.3, 0.4) is 0 Å². The minimum Gasteiger partial charge on any atom is -0.317 e. The highest BCUT2D eigenvalue weighted by Crippen LogP contribution is 2.28. The topological polar surface area (TPSA) is 24.1 Å². The van der Waals surface area contributed by atoms with Crippen LogP contribution >= 0.6 is 0 Å². The quantitative estimate of drug-likeness (QED) is 0.719. The van der Waals surface area contributed by atoms with Gasteiger partial charge in [0.1, 0.15) is 0 Å². The third-order valence-electron chi connectivity index (χ3n) is 3.96. The Morgan fingerprint density at radius 1 is 1.21 bits per heavy atom. The van der Waals surface area contributed by atoms with Crippen molar-refractivity contribution in [3.05, 3.63) is 0 Å². The lowest BCUT2D eigenvalue weighted by Gasteiger charge is -2.38. The van der Waals surface area contributed by atoms with Gasteiger partial charge in [-0.05, 0) is 57.5 Å². The molecule has 1 unspecified atom stereocenters. The first-order valence-electron chi connectivity index (χ1n) is 6.22. The lowest BCUT2D eigenvalue weighted by Crippen LogP contribution is -2.48. The molecule has 2 heteroatoms. The maximum Gasteiger partial charge on any atom is 0.00747 e. The Kier molecular flexibility index (Phi) is 3.45. The molecule has 1 saturated carbocycles. The second-order valence-corrected chi connectivity index (χ2v) is 5.32. The van der Waals surface area contributed by atoms with E-state index in [1.54, 1.807) is 0 Å². The van der Waals surface area contributed by atoms with Crippen molar-refractivity contribution in [2.45, 2.75) is 51.6 Å². The Balaban J connectivity index is 1.69. The van der Waals surface area contributed by atoms with Crippen LogP contribution in [0.25, 0.3) is 0 Å². The summed E-state index contributed by atoms with van der Waals surface area (Å²) in [7, 11) is 0. The first kappa shape index (κ1) is 10.4. The van der Waals surface area contributed by atoms with Crippen LogP contribution in [-0.2, 0) is 0 Å². The molecule has 82 valence electrons. The molecule has 1 aliphatic heterocycles. The van der Waals surface area contributed by atoms with Gasteiger partial charge in [-0.1, -0.05) is 6.92 Å². The largest absolute Gasteiger partial charge is 0.317 e. The third-order valence-corrected chi connectivity index (χ3v) is 3.96. The van der Waals surface area contributed by atoms with Gasteiger partial charge >= 0.3 is 0 Å². The summed E-state index contributed by atoms with van der Waals surface area (Å²) in [5.74, 6) is 1.87. The summed E-state index contributed by atoms with van der Waals surface area (Å²) in [6.07, 6.45) is 5.51. The summed E-state index contributed by atoms with van der Waals surface area (Å²) < 4.78 is 0. The molecule has 1 heterocycles. The van der Waals surface area contributed by atoms with Crippen LogP contribution < -0.4 is 10.6 Å². The van der Waals surface area contributed by atoms with Gasteiger partial charge in [-0.3, -0.25) is 0 Å². The summed E-state index contributed by atoms with van der Waals surface area (Å²) in [5, 5.41) is 7.22. The summed E-state index contributed by atoms with van der Waals surface area (Å²) in [6, 6.07) is 1.56. The smallest absolute Gasteiger partial charge is 0.00747 e. The van der Waals surface area contributed by atoms with Crippen molar-refractivity contribution in [2.75, 3.05) is 13.1 Å². The molecule has 2 aliphatic rings.